The monoisotopic (exact) mass is 372 g/mol. The second kappa shape index (κ2) is 6.42. The first-order chi connectivity index (χ1) is 9.96. The lowest BCUT2D eigenvalue weighted by molar-refractivity contribution is 0.281. The van der Waals surface area contributed by atoms with Crippen LogP contribution in [0, 0.1) is 0 Å². The number of aliphatic hydroxyl groups excluding tert-OH is 1. The lowest BCUT2D eigenvalue weighted by Crippen LogP contribution is -2.14. The fraction of sp³-hybridized carbons (Fsp3) is 0.154. The SMILES string of the molecule is COc1cc(NS(=O)(=O)c2ccc(CO)cn2)ccc1Br. The van der Waals surface area contributed by atoms with Gasteiger partial charge >= 0.3 is 0 Å². The van der Waals surface area contributed by atoms with Crippen LogP contribution in [0.1, 0.15) is 5.56 Å². The number of ether oxygens (including phenoxy) is 1. The van der Waals surface area contributed by atoms with Crippen molar-refractivity contribution in [2.45, 2.75) is 11.6 Å². The van der Waals surface area contributed by atoms with Crippen molar-refractivity contribution in [3.63, 3.8) is 0 Å². The molecule has 0 aliphatic heterocycles. The number of sulfonamides is 1. The van der Waals surface area contributed by atoms with Gasteiger partial charge in [0, 0.05) is 12.3 Å². The zero-order chi connectivity index (χ0) is 15.5. The Bertz CT molecular complexity index is 732. The normalized spacial score (nSPS) is 11.2. The van der Waals surface area contributed by atoms with Crippen molar-refractivity contribution in [2.24, 2.45) is 0 Å². The number of nitrogens with zero attached hydrogens (tertiary/aromatic N) is 1. The Morgan fingerprint density at radius 2 is 2.10 bits per heavy atom. The standard InChI is InChI=1S/C13H13BrN2O4S/c1-20-12-6-10(3-4-11(12)14)16-21(18,19)13-5-2-9(8-17)7-15-13/h2-7,16-17H,8H2,1H3. The highest BCUT2D eigenvalue weighted by molar-refractivity contribution is 9.10. The quantitative estimate of drug-likeness (QED) is 0.839. The Kier molecular flexibility index (Phi) is 4.81. The van der Waals surface area contributed by atoms with Crippen LogP contribution >= 0.6 is 15.9 Å². The van der Waals surface area contributed by atoms with Gasteiger partial charge in [-0.2, -0.15) is 8.42 Å². The van der Waals surface area contributed by atoms with Crippen LogP contribution in [-0.2, 0) is 16.6 Å². The van der Waals surface area contributed by atoms with Crippen molar-refractivity contribution in [3.8, 4) is 5.75 Å². The maximum atomic E-state index is 12.2. The Morgan fingerprint density at radius 3 is 2.67 bits per heavy atom. The molecule has 0 atom stereocenters. The molecule has 1 aromatic carbocycles. The summed E-state index contributed by atoms with van der Waals surface area (Å²) in [6, 6.07) is 7.68. The van der Waals surface area contributed by atoms with E-state index in [9.17, 15) is 8.42 Å². The molecule has 112 valence electrons. The first-order valence-electron chi connectivity index (χ1n) is 5.88. The molecule has 2 N–H and O–H groups in total. The smallest absolute Gasteiger partial charge is 0.279 e. The van der Waals surface area contributed by atoms with E-state index in [0.717, 1.165) is 4.47 Å². The number of rotatable bonds is 5. The van der Waals surface area contributed by atoms with Gasteiger partial charge in [0.25, 0.3) is 10.0 Å². The summed E-state index contributed by atoms with van der Waals surface area (Å²) in [6.45, 7) is -0.190. The summed E-state index contributed by atoms with van der Waals surface area (Å²) in [6.07, 6.45) is 1.32. The molecule has 0 saturated heterocycles. The first-order valence-corrected chi connectivity index (χ1v) is 8.16. The predicted octanol–water partition coefficient (Wildman–Crippen LogP) is 2.15. The van der Waals surface area contributed by atoms with Gasteiger partial charge in [-0.15, -0.1) is 0 Å². The molecule has 0 aliphatic rings. The molecule has 1 heterocycles. The average molecular weight is 373 g/mol. The molecule has 1 aromatic heterocycles. The second-order valence-electron chi connectivity index (χ2n) is 4.12. The van der Waals surface area contributed by atoms with Crippen LogP contribution in [-0.4, -0.2) is 25.6 Å². The van der Waals surface area contributed by atoms with Crippen LogP contribution in [0.15, 0.2) is 46.0 Å². The Morgan fingerprint density at radius 1 is 1.33 bits per heavy atom. The second-order valence-corrected chi connectivity index (χ2v) is 6.60. The Hall–Kier alpha value is -1.64. The largest absolute Gasteiger partial charge is 0.495 e. The summed E-state index contributed by atoms with van der Waals surface area (Å²) in [5.74, 6) is 0.513. The maximum absolute atomic E-state index is 12.2. The van der Waals surface area contributed by atoms with E-state index in [1.54, 1.807) is 18.2 Å². The fourth-order valence-electron chi connectivity index (χ4n) is 1.59. The van der Waals surface area contributed by atoms with E-state index in [4.69, 9.17) is 9.84 Å². The number of hydrogen-bond acceptors (Lipinski definition) is 5. The molecule has 0 bridgehead atoms. The number of aromatic nitrogens is 1. The molecule has 2 rings (SSSR count). The van der Waals surface area contributed by atoms with Crippen LogP contribution in [0.5, 0.6) is 5.75 Å². The Balaban J connectivity index is 2.28. The van der Waals surface area contributed by atoms with Crippen molar-refractivity contribution in [3.05, 3.63) is 46.6 Å². The third-order valence-corrected chi connectivity index (χ3v) is 4.61. The van der Waals surface area contributed by atoms with Gasteiger partial charge in [0.05, 0.1) is 23.9 Å². The summed E-state index contributed by atoms with van der Waals surface area (Å²) < 4.78 is 32.6. The number of halogens is 1. The van der Waals surface area contributed by atoms with Crippen molar-refractivity contribution >= 4 is 31.6 Å². The molecular weight excluding hydrogens is 360 g/mol. The molecule has 21 heavy (non-hydrogen) atoms. The molecule has 0 unspecified atom stereocenters. The van der Waals surface area contributed by atoms with Crippen LogP contribution in [0.25, 0.3) is 0 Å². The van der Waals surface area contributed by atoms with Crippen molar-refractivity contribution < 1.29 is 18.3 Å². The number of anilines is 1. The molecule has 6 nitrogen and oxygen atoms in total. The fourth-order valence-corrected chi connectivity index (χ4v) is 2.98. The van der Waals surface area contributed by atoms with Gasteiger partial charge in [-0.05, 0) is 39.7 Å². The molecule has 0 spiro atoms. The third kappa shape index (κ3) is 3.72. The zero-order valence-electron chi connectivity index (χ0n) is 11.1. The van der Waals surface area contributed by atoms with Gasteiger partial charge in [0.15, 0.2) is 5.03 Å². The minimum Gasteiger partial charge on any atom is -0.495 e. The minimum absolute atomic E-state index is 0.124. The minimum atomic E-state index is -3.79. The zero-order valence-corrected chi connectivity index (χ0v) is 13.5. The molecule has 0 radical (unpaired) electrons. The van der Waals surface area contributed by atoms with E-state index in [0.29, 0.717) is 17.0 Å². The van der Waals surface area contributed by atoms with E-state index in [2.05, 4.69) is 25.6 Å². The van der Waals surface area contributed by atoms with E-state index < -0.39 is 10.0 Å². The predicted molar refractivity (Wildman–Crippen MR) is 81.7 cm³/mol. The van der Waals surface area contributed by atoms with Gasteiger partial charge in [0.2, 0.25) is 0 Å². The van der Waals surface area contributed by atoms with Gasteiger partial charge in [0.1, 0.15) is 5.75 Å². The van der Waals surface area contributed by atoms with Crippen LogP contribution in [0.2, 0.25) is 0 Å². The summed E-state index contributed by atoms with van der Waals surface area (Å²) in [5.41, 5.74) is 0.905. The molecule has 0 aliphatic carbocycles. The number of hydrogen-bond donors (Lipinski definition) is 2. The molecule has 0 amide bonds. The number of benzene rings is 1. The van der Waals surface area contributed by atoms with Gasteiger partial charge in [-0.25, -0.2) is 4.98 Å². The lowest BCUT2D eigenvalue weighted by Gasteiger charge is -2.10. The lowest BCUT2D eigenvalue weighted by atomic mass is 10.3. The molecule has 8 heteroatoms. The van der Waals surface area contributed by atoms with Gasteiger partial charge in [-0.3, -0.25) is 4.72 Å². The highest BCUT2D eigenvalue weighted by atomic mass is 79.9. The number of methoxy groups -OCH3 is 1. The average Bonchev–Trinajstić information content (AvgIpc) is 2.49. The van der Waals surface area contributed by atoms with Gasteiger partial charge in [-0.1, -0.05) is 6.07 Å². The topological polar surface area (TPSA) is 88.5 Å². The number of nitrogens with one attached hydrogen (secondary N) is 1. The summed E-state index contributed by atoms with van der Waals surface area (Å²) in [7, 11) is -2.30. The van der Waals surface area contributed by atoms with Gasteiger partial charge < -0.3 is 9.84 Å². The first kappa shape index (κ1) is 15.7. The van der Waals surface area contributed by atoms with E-state index >= 15 is 0 Å². The highest BCUT2D eigenvalue weighted by Gasteiger charge is 2.16. The van der Waals surface area contributed by atoms with Crippen LogP contribution in [0.3, 0.4) is 0 Å². The van der Waals surface area contributed by atoms with Crippen LogP contribution in [0.4, 0.5) is 5.69 Å². The van der Waals surface area contributed by atoms with Crippen molar-refractivity contribution in [1.82, 2.24) is 4.98 Å². The Labute approximate surface area is 131 Å². The summed E-state index contributed by atoms with van der Waals surface area (Å²) in [4.78, 5) is 3.83. The van der Waals surface area contributed by atoms with Crippen LogP contribution < -0.4 is 9.46 Å². The molecular formula is C13H13BrN2O4S. The van der Waals surface area contributed by atoms with E-state index in [1.165, 1.54) is 25.4 Å². The molecule has 0 fully saturated rings. The maximum Gasteiger partial charge on any atom is 0.279 e. The summed E-state index contributed by atoms with van der Waals surface area (Å²) in [5, 5.41) is 8.80. The van der Waals surface area contributed by atoms with Crippen molar-refractivity contribution in [1.29, 1.82) is 0 Å². The highest BCUT2D eigenvalue weighted by Crippen LogP contribution is 2.28. The van der Waals surface area contributed by atoms with Crippen molar-refractivity contribution in [2.75, 3.05) is 11.8 Å². The van der Waals surface area contributed by atoms with E-state index in [-0.39, 0.29) is 11.6 Å². The third-order valence-electron chi connectivity index (χ3n) is 2.66. The molecule has 2 aromatic rings. The summed E-state index contributed by atoms with van der Waals surface area (Å²) >= 11 is 3.29. The van der Waals surface area contributed by atoms with E-state index in [1.807, 2.05) is 0 Å². The number of pyridine rings is 1. The number of aliphatic hydroxyl groups is 1. The molecule has 0 saturated carbocycles.